The van der Waals surface area contributed by atoms with Crippen LogP contribution in [0.4, 0.5) is 0 Å². The molecule has 0 saturated carbocycles. The average Bonchev–Trinajstić information content (AvgIpc) is 2.25. The molecule has 0 saturated heterocycles. The molecule has 0 spiro atoms. The Balaban J connectivity index is 0.00000289. The van der Waals surface area contributed by atoms with E-state index in [4.69, 9.17) is 5.11 Å². The van der Waals surface area contributed by atoms with Crippen molar-refractivity contribution >= 4 is 19.5 Å². The van der Waals surface area contributed by atoms with Gasteiger partial charge in [-0.3, -0.25) is 0 Å². The van der Waals surface area contributed by atoms with Gasteiger partial charge in [0.1, 0.15) is 5.69 Å². The third kappa shape index (κ3) is 5.51. The highest BCUT2D eigenvalue weighted by atomic mass is 32.1. The smallest absolute Gasteiger partial charge is 0.354 e. The van der Waals surface area contributed by atoms with Crippen LogP contribution in [-0.2, 0) is 0 Å². The number of hydrogen-bond acceptors (Lipinski definition) is 3. The largest absolute Gasteiger partial charge is 0.477 e. The molecule has 4 nitrogen and oxygen atoms in total. The summed E-state index contributed by atoms with van der Waals surface area (Å²) in [4.78, 5) is 14.7. The Bertz CT molecular complexity index is 401. The van der Waals surface area contributed by atoms with Gasteiger partial charge in [0, 0.05) is 0 Å². The second-order valence-corrected chi connectivity index (χ2v) is 5.37. The number of aromatic carboxylic acids is 1. The molecule has 1 aromatic rings. The third-order valence-electron chi connectivity index (χ3n) is 2.50. The van der Waals surface area contributed by atoms with Gasteiger partial charge in [0.25, 0.3) is 0 Å². The SMILES string of the molecule is CC(C)(C)CC[C@H](O)c1cccc(C(=O)O)n1.S. The molecule has 0 bridgehead atoms. The average molecular weight is 271 g/mol. The fourth-order valence-corrected chi connectivity index (χ4v) is 1.47. The fraction of sp³-hybridized carbons (Fsp3) is 0.538. The first-order chi connectivity index (χ1) is 7.79. The number of hydrogen-bond donors (Lipinski definition) is 2. The highest BCUT2D eigenvalue weighted by Crippen LogP contribution is 2.26. The summed E-state index contributed by atoms with van der Waals surface area (Å²) in [6, 6.07) is 4.67. The first-order valence-corrected chi connectivity index (χ1v) is 5.68. The van der Waals surface area contributed by atoms with Crippen molar-refractivity contribution in [2.75, 3.05) is 0 Å². The molecule has 1 atom stereocenters. The van der Waals surface area contributed by atoms with E-state index >= 15 is 0 Å². The van der Waals surface area contributed by atoms with Gasteiger partial charge in [0.2, 0.25) is 0 Å². The number of aromatic nitrogens is 1. The van der Waals surface area contributed by atoms with Crippen molar-refractivity contribution in [1.29, 1.82) is 0 Å². The van der Waals surface area contributed by atoms with Crippen LogP contribution in [-0.4, -0.2) is 21.2 Å². The van der Waals surface area contributed by atoms with Crippen molar-refractivity contribution < 1.29 is 15.0 Å². The molecule has 5 heteroatoms. The normalized spacial score (nSPS) is 12.7. The molecule has 0 radical (unpaired) electrons. The van der Waals surface area contributed by atoms with Crippen LogP contribution in [0.25, 0.3) is 0 Å². The zero-order valence-corrected chi connectivity index (χ0v) is 12.0. The Labute approximate surface area is 115 Å². The van der Waals surface area contributed by atoms with Gasteiger partial charge in [-0.15, -0.1) is 0 Å². The van der Waals surface area contributed by atoms with Crippen LogP contribution in [0.3, 0.4) is 0 Å². The first kappa shape index (κ1) is 16.9. The van der Waals surface area contributed by atoms with Gasteiger partial charge in [-0.1, -0.05) is 26.8 Å². The molecule has 0 fully saturated rings. The minimum atomic E-state index is -1.07. The van der Waals surface area contributed by atoms with Gasteiger partial charge >= 0.3 is 5.97 Å². The number of carbonyl (C=O) groups is 1. The van der Waals surface area contributed by atoms with Crippen LogP contribution in [0.5, 0.6) is 0 Å². The van der Waals surface area contributed by atoms with Crippen molar-refractivity contribution in [1.82, 2.24) is 4.98 Å². The van der Waals surface area contributed by atoms with Crippen LogP contribution in [0, 0.1) is 5.41 Å². The lowest BCUT2D eigenvalue weighted by Crippen LogP contribution is -2.10. The highest BCUT2D eigenvalue weighted by Gasteiger charge is 2.16. The minimum absolute atomic E-state index is 0. The van der Waals surface area contributed by atoms with Crippen molar-refractivity contribution in [3.05, 3.63) is 29.6 Å². The van der Waals surface area contributed by atoms with Crippen LogP contribution < -0.4 is 0 Å². The molecule has 102 valence electrons. The second-order valence-electron chi connectivity index (χ2n) is 5.37. The number of aliphatic hydroxyl groups is 1. The summed E-state index contributed by atoms with van der Waals surface area (Å²) in [5.41, 5.74) is 0.539. The molecule has 0 amide bonds. The highest BCUT2D eigenvalue weighted by molar-refractivity contribution is 7.59. The molecule has 0 aromatic carbocycles. The monoisotopic (exact) mass is 271 g/mol. The van der Waals surface area contributed by atoms with Gasteiger partial charge in [0.15, 0.2) is 0 Å². The molecule has 0 aliphatic heterocycles. The Morgan fingerprint density at radius 3 is 2.50 bits per heavy atom. The van der Waals surface area contributed by atoms with Crippen molar-refractivity contribution in [3.63, 3.8) is 0 Å². The first-order valence-electron chi connectivity index (χ1n) is 5.68. The lowest BCUT2D eigenvalue weighted by atomic mass is 9.89. The molecule has 0 aliphatic rings. The molecule has 1 heterocycles. The number of aliphatic hydroxyl groups excluding tert-OH is 1. The summed E-state index contributed by atoms with van der Waals surface area (Å²) < 4.78 is 0. The van der Waals surface area contributed by atoms with Crippen molar-refractivity contribution in [2.24, 2.45) is 5.41 Å². The van der Waals surface area contributed by atoms with Gasteiger partial charge in [-0.05, 0) is 30.4 Å². The Morgan fingerprint density at radius 1 is 1.39 bits per heavy atom. The van der Waals surface area contributed by atoms with Gasteiger partial charge in [-0.2, -0.15) is 13.5 Å². The van der Waals surface area contributed by atoms with Crippen molar-refractivity contribution in [3.8, 4) is 0 Å². The predicted molar refractivity (Wildman–Crippen MR) is 75.2 cm³/mol. The van der Waals surface area contributed by atoms with Crippen LogP contribution in [0.1, 0.15) is 55.9 Å². The summed E-state index contributed by atoms with van der Waals surface area (Å²) in [6.07, 6.45) is 0.737. The standard InChI is InChI=1S/C13H19NO3.H2S/c1-13(2,3)8-7-11(15)9-5-4-6-10(14-9)12(16)17;/h4-6,11,15H,7-8H2,1-3H3,(H,16,17);1H2/t11-;/m0./s1. The molecular weight excluding hydrogens is 250 g/mol. The quantitative estimate of drug-likeness (QED) is 0.883. The molecule has 1 rings (SSSR count). The maximum absolute atomic E-state index is 10.7. The van der Waals surface area contributed by atoms with E-state index in [0.717, 1.165) is 6.42 Å². The maximum Gasteiger partial charge on any atom is 0.354 e. The zero-order valence-electron chi connectivity index (χ0n) is 11.0. The Hall–Kier alpha value is -1.07. The molecule has 18 heavy (non-hydrogen) atoms. The number of carboxylic acids is 1. The van der Waals surface area contributed by atoms with Gasteiger partial charge in [-0.25, -0.2) is 9.78 Å². The summed E-state index contributed by atoms with van der Waals surface area (Å²) in [6.45, 7) is 6.29. The predicted octanol–water partition coefficient (Wildman–Crippen LogP) is 2.75. The van der Waals surface area contributed by atoms with E-state index in [2.05, 4.69) is 25.8 Å². The van der Waals surface area contributed by atoms with E-state index in [9.17, 15) is 9.90 Å². The van der Waals surface area contributed by atoms with E-state index in [-0.39, 0.29) is 24.6 Å². The van der Waals surface area contributed by atoms with Crippen LogP contribution in [0.2, 0.25) is 0 Å². The Kier molecular flexibility index (Phi) is 6.35. The molecular formula is C13H21NO3S. The topological polar surface area (TPSA) is 70.4 Å². The van der Waals surface area contributed by atoms with Crippen molar-refractivity contribution in [2.45, 2.75) is 39.7 Å². The molecule has 0 unspecified atom stereocenters. The van der Waals surface area contributed by atoms with E-state index < -0.39 is 12.1 Å². The van der Waals surface area contributed by atoms with Gasteiger partial charge < -0.3 is 10.2 Å². The summed E-state index contributed by atoms with van der Waals surface area (Å²) in [5, 5.41) is 18.7. The summed E-state index contributed by atoms with van der Waals surface area (Å²) in [5.74, 6) is -1.07. The maximum atomic E-state index is 10.7. The number of rotatable bonds is 4. The summed E-state index contributed by atoms with van der Waals surface area (Å²) >= 11 is 0. The van der Waals surface area contributed by atoms with Crippen LogP contribution >= 0.6 is 13.5 Å². The molecule has 2 N–H and O–H groups in total. The van der Waals surface area contributed by atoms with E-state index in [1.165, 1.54) is 6.07 Å². The molecule has 1 aromatic heterocycles. The zero-order chi connectivity index (χ0) is 13.1. The minimum Gasteiger partial charge on any atom is -0.477 e. The van der Waals surface area contributed by atoms with E-state index in [1.807, 2.05) is 0 Å². The number of carboxylic acid groups (broad SMARTS) is 1. The van der Waals surface area contributed by atoms with Crippen LogP contribution in [0.15, 0.2) is 18.2 Å². The Morgan fingerprint density at radius 2 is 2.00 bits per heavy atom. The number of nitrogens with zero attached hydrogens (tertiary/aromatic N) is 1. The summed E-state index contributed by atoms with van der Waals surface area (Å²) in [7, 11) is 0. The second kappa shape index (κ2) is 6.75. The number of pyridine rings is 1. The van der Waals surface area contributed by atoms with E-state index in [0.29, 0.717) is 12.1 Å². The van der Waals surface area contributed by atoms with Gasteiger partial charge in [0.05, 0.1) is 11.8 Å². The lowest BCUT2D eigenvalue weighted by molar-refractivity contribution is 0.0688. The van der Waals surface area contributed by atoms with E-state index in [1.54, 1.807) is 12.1 Å². The molecule has 0 aliphatic carbocycles. The lowest BCUT2D eigenvalue weighted by Gasteiger charge is -2.20. The third-order valence-corrected chi connectivity index (χ3v) is 2.50. The fourth-order valence-electron chi connectivity index (χ4n) is 1.47.